The Morgan fingerprint density at radius 1 is 1.33 bits per heavy atom. The van der Waals surface area contributed by atoms with Crippen LogP contribution < -0.4 is 10.5 Å². The Morgan fingerprint density at radius 3 is 2.83 bits per heavy atom. The first kappa shape index (κ1) is 16.1. The van der Waals surface area contributed by atoms with Crippen LogP contribution in [0.4, 0.5) is 5.95 Å². The average Bonchev–Trinajstić information content (AvgIpc) is 3.21. The van der Waals surface area contributed by atoms with E-state index in [-0.39, 0.29) is 0 Å². The average molecular weight is 343 g/mol. The fourth-order valence-corrected chi connectivity index (χ4v) is 2.92. The van der Waals surface area contributed by atoms with E-state index in [1.54, 1.807) is 24.0 Å². The van der Waals surface area contributed by atoms with E-state index in [0.717, 1.165) is 22.2 Å². The molecule has 7 nitrogen and oxygen atoms in total. The second-order valence-electron chi connectivity index (χ2n) is 4.90. The van der Waals surface area contributed by atoms with Crippen LogP contribution in [0.2, 0.25) is 0 Å². The van der Waals surface area contributed by atoms with Crippen molar-refractivity contribution in [1.29, 1.82) is 0 Å². The second-order valence-corrected chi connectivity index (χ2v) is 5.84. The van der Waals surface area contributed by atoms with Gasteiger partial charge in [-0.25, -0.2) is 4.98 Å². The monoisotopic (exact) mass is 343 g/mol. The van der Waals surface area contributed by atoms with Crippen molar-refractivity contribution in [1.82, 2.24) is 19.7 Å². The summed E-state index contributed by atoms with van der Waals surface area (Å²) in [5, 5.41) is 8.67. The van der Waals surface area contributed by atoms with Crippen molar-refractivity contribution < 1.29 is 9.15 Å². The van der Waals surface area contributed by atoms with E-state index in [1.165, 1.54) is 11.8 Å². The molecule has 8 heteroatoms. The molecule has 0 amide bonds. The van der Waals surface area contributed by atoms with Crippen molar-refractivity contribution in [3.8, 4) is 17.2 Å². The van der Waals surface area contributed by atoms with E-state index in [9.17, 15) is 0 Å². The summed E-state index contributed by atoms with van der Waals surface area (Å²) in [6, 6.07) is 7.55. The topological polar surface area (TPSA) is 92.0 Å². The predicted molar refractivity (Wildman–Crippen MR) is 92.7 cm³/mol. The number of hydrogen-bond donors (Lipinski definition) is 1. The Morgan fingerprint density at radius 2 is 2.12 bits per heavy atom. The van der Waals surface area contributed by atoms with Crippen LogP contribution in [0, 0.1) is 0 Å². The van der Waals surface area contributed by atoms with Gasteiger partial charge >= 0.3 is 0 Å². The molecule has 1 aromatic carbocycles. The minimum absolute atomic E-state index is 0.372. The summed E-state index contributed by atoms with van der Waals surface area (Å²) in [4.78, 5) is 4.50. The van der Waals surface area contributed by atoms with Crippen LogP contribution in [0.15, 0.2) is 52.8 Å². The number of nitrogen functional groups attached to an aromatic ring is 1. The molecule has 0 aliphatic heterocycles. The van der Waals surface area contributed by atoms with Gasteiger partial charge in [0.2, 0.25) is 11.8 Å². The summed E-state index contributed by atoms with van der Waals surface area (Å²) in [5.74, 6) is 2.34. The number of hydrogen-bond acceptors (Lipinski definition) is 7. The molecule has 0 bridgehead atoms. The largest absolute Gasteiger partial charge is 0.497 e. The first-order valence-electron chi connectivity index (χ1n) is 7.22. The molecule has 0 atom stereocenters. The number of aromatic nitrogens is 4. The Balaban J connectivity index is 1.69. The summed E-state index contributed by atoms with van der Waals surface area (Å²) in [6.45, 7) is 4.27. The van der Waals surface area contributed by atoms with Gasteiger partial charge in [0.1, 0.15) is 12.0 Å². The first-order valence-corrected chi connectivity index (χ1v) is 8.21. The number of oxazole rings is 1. The molecule has 0 aliphatic rings. The molecule has 2 heterocycles. The van der Waals surface area contributed by atoms with Gasteiger partial charge in [0.15, 0.2) is 5.16 Å². The predicted octanol–water partition coefficient (Wildman–Crippen LogP) is 3.00. The van der Waals surface area contributed by atoms with E-state index in [1.807, 2.05) is 24.3 Å². The minimum Gasteiger partial charge on any atom is -0.497 e. The molecule has 3 rings (SSSR count). The van der Waals surface area contributed by atoms with Crippen LogP contribution in [0.3, 0.4) is 0 Å². The number of methoxy groups -OCH3 is 1. The molecular formula is C16H17N5O2S. The summed E-state index contributed by atoms with van der Waals surface area (Å²) >= 11 is 1.49. The number of rotatable bonds is 7. The number of thioether (sulfide) groups is 1. The van der Waals surface area contributed by atoms with Gasteiger partial charge in [0, 0.05) is 17.9 Å². The lowest BCUT2D eigenvalue weighted by Gasteiger charge is -2.03. The van der Waals surface area contributed by atoms with Crippen molar-refractivity contribution in [3.63, 3.8) is 0 Å². The Kier molecular flexibility index (Phi) is 4.85. The number of nitrogens with zero attached hydrogens (tertiary/aromatic N) is 4. The van der Waals surface area contributed by atoms with Crippen LogP contribution >= 0.6 is 11.8 Å². The van der Waals surface area contributed by atoms with E-state index in [2.05, 4.69) is 21.8 Å². The maximum absolute atomic E-state index is 5.78. The first-order chi connectivity index (χ1) is 11.7. The molecule has 2 aromatic heterocycles. The zero-order chi connectivity index (χ0) is 16.9. The standard InChI is InChI=1S/C16H17N5O2S/c1-3-8-21-15(17)19-20-16(21)24-10-12-9-23-14(18-12)11-4-6-13(22-2)7-5-11/h3-7,9H,1,8,10H2,2H3,(H2,17,19). The number of benzene rings is 1. The summed E-state index contributed by atoms with van der Waals surface area (Å²) in [7, 11) is 1.63. The highest BCUT2D eigenvalue weighted by molar-refractivity contribution is 7.98. The lowest BCUT2D eigenvalue weighted by atomic mass is 10.2. The third-order valence-corrected chi connectivity index (χ3v) is 4.30. The van der Waals surface area contributed by atoms with Crippen LogP contribution in [0.5, 0.6) is 5.75 Å². The molecule has 0 unspecified atom stereocenters. The van der Waals surface area contributed by atoms with Gasteiger partial charge in [0.25, 0.3) is 0 Å². The second kappa shape index (κ2) is 7.22. The quantitative estimate of drug-likeness (QED) is 0.521. The van der Waals surface area contributed by atoms with Crippen molar-refractivity contribution in [2.45, 2.75) is 17.5 Å². The minimum atomic E-state index is 0.372. The summed E-state index contributed by atoms with van der Waals surface area (Å²) < 4.78 is 12.5. The van der Waals surface area contributed by atoms with Crippen LogP contribution in [0.1, 0.15) is 5.69 Å². The number of nitrogens with two attached hydrogens (primary N) is 1. The number of allylic oxidation sites excluding steroid dienone is 1. The highest BCUT2D eigenvalue weighted by Gasteiger charge is 2.12. The SMILES string of the molecule is C=CCn1c(N)nnc1SCc1coc(-c2ccc(OC)cc2)n1. The normalized spacial score (nSPS) is 10.7. The lowest BCUT2D eigenvalue weighted by molar-refractivity contribution is 0.415. The van der Waals surface area contributed by atoms with Crippen molar-refractivity contribution in [3.05, 3.63) is 48.9 Å². The molecule has 124 valence electrons. The highest BCUT2D eigenvalue weighted by atomic mass is 32.2. The molecule has 24 heavy (non-hydrogen) atoms. The van der Waals surface area contributed by atoms with Crippen molar-refractivity contribution >= 4 is 17.7 Å². The molecule has 0 aliphatic carbocycles. The molecule has 2 N–H and O–H groups in total. The van der Waals surface area contributed by atoms with Gasteiger partial charge in [-0.1, -0.05) is 17.8 Å². The van der Waals surface area contributed by atoms with Gasteiger partial charge < -0.3 is 14.9 Å². The number of anilines is 1. The number of ether oxygens (including phenoxy) is 1. The van der Waals surface area contributed by atoms with Crippen molar-refractivity contribution in [2.24, 2.45) is 0 Å². The highest BCUT2D eigenvalue weighted by Crippen LogP contribution is 2.26. The summed E-state index contributed by atoms with van der Waals surface area (Å²) in [6.07, 6.45) is 3.39. The van der Waals surface area contributed by atoms with Crippen LogP contribution in [-0.4, -0.2) is 26.9 Å². The Hall–Kier alpha value is -2.74. The zero-order valence-corrected chi connectivity index (χ0v) is 14.0. The Bertz CT molecular complexity index is 825. The molecule has 0 fully saturated rings. The third-order valence-electron chi connectivity index (χ3n) is 3.29. The van der Waals surface area contributed by atoms with E-state index in [0.29, 0.717) is 24.1 Å². The molecule has 3 aromatic rings. The molecule has 0 saturated carbocycles. The molecule has 0 radical (unpaired) electrons. The van der Waals surface area contributed by atoms with E-state index >= 15 is 0 Å². The molecule has 0 saturated heterocycles. The smallest absolute Gasteiger partial charge is 0.226 e. The fraction of sp³-hybridized carbons (Fsp3) is 0.188. The zero-order valence-electron chi connectivity index (χ0n) is 13.2. The van der Waals surface area contributed by atoms with Gasteiger partial charge in [0.05, 0.1) is 12.8 Å². The Labute approximate surface area is 143 Å². The van der Waals surface area contributed by atoms with Crippen LogP contribution in [-0.2, 0) is 12.3 Å². The fourth-order valence-electron chi connectivity index (χ4n) is 2.09. The summed E-state index contributed by atoms with van der Waals surface area (Å²) in [5.41, 5.74) is 7.50. The maximum atomic E-state index is 5.78. The third kappa shape index (κ3) is 3.43. The molecular weight excluding hydrogens is 326 g/mol. The molecule has 0 spiro atoms. The van der Waals surface area contributed by atoms with Crippen LogP contribution in [0.25, 0.3) is 11.5 Å². The van der Waals surface area contributed by atoms with Gasteiger partial charge in [-0.2, -0.15) is 0 Å². The van der Waals surface area contributed by atoms with E-state index in [4.69, 9.17) is 14.9 Å². The van der Waals surface area contributed by atoms with E-state index < -0.39 is 0 Å². The van der Waals surface area contributed by atoms with Gasteiger partial charge in [-0.15, -0.1) is 16.8 Å². The van der Waals surface area contributed by atoms with Gasteiger partial charge in [-0.3, -0.25) is 4.57 Å². The van der Waals surface area contributed by atoms with Crippen molar-refractivity contribution in [2.75, 3.05) is 12.8 Å². The van der Waals surface area contributed by atoms with Gasteiger partial charge in [-0.05, 0) is 24.3 Å². The maximum Gasteiger partial charge on any atom is 0.226 e. The lowest BCUT2D eigenvalue weighted by Crippen LogP contribution is -2.03.